The standard InChI is InChI=1S/C24H36O3/c1-22(2,21(26)27)14-15-9-11-23(3)16(13-15)5-6-17-18-7-8-20(25)24(18,4)12-10-19(17)23/h5,15,17-19H,6-14H2,1-4H3,(H,26,27)/t15?,17-,18-,19-,23-,24-/m0/s1. The van der Waals surface area contributed by atoms with Crippen LogP contribution in [0.1, 0.15) is 85.5 Å². The molecule has 6 atom stereocenters. The smallest absolute Gasteiger partial charge is 0.309 e. The summed E-state index contributed by atoms with van der Waals surface area (Å²) < 4.78 is 0. The molecular weight excluding hydrogens is 336 g/mol. The van der Waals surface area contributed by atoms with E-state index in [4.69, 9.17) is 0 Å². The molecular formula is C24H36O3. The maximum atomic E-state index is 12.5. The van der Waals surface area contributed by atoms with Gasteiger partial charge in [0.1, 0.15) is 5.78 Å². The molecule has 0 aromatic carbocycles. The van der Waals surface area contributed by atoms with Crippen LogP contribution in [0.4, 0.5) is 0 Å². The number of rotatable bonds is 3. The van der Waals surface area contributed by atoms with E-state index in [-0.39, 0.29) is 10.8 Å². The fourth-order valence-electron chi connectivity index (χ4n) is 7.49. The fraction of sp³-hybridized carbons (Fsp3) is 0.833. The van der Waals surface area contributed by atoms with Gasteiger partial charge in [-0.3, -0.25) is 9.59 Å². The van der Waals surface area contributed by atoms with Gasteiger partial charge >= 0.3 is 5.97 Å². The summed E-state index contributed by atoms with van der Waals surface area (Å²) in [6, 6.07) is 0. The second-order valence-corrected chi connectivity index (χ2v) is 11.2. The summed E-state index contributed by atoms with van der Waals surface area (Å²) in [6.45, 7) is 8.46. The molecule has 3 heteroatoms. The van der Waals surface area contributed by atoms with Gasteiger partial charge in [0.2, 0.25) is 0 Å². The third-order valence-corrected chi connectivity index (χ3v) is 9.29. The zero-order chi connectivity index (χ0) is 19.6. The molecule has 3 nitrogen and oxygen atoms in total. The molecule has 1 unspecified atom stereocenters. The summed E-state index contributed by atoms with van der Waals surface area (Å²) in [5.74, 6) is 2.32. The summed E-state index contributed by atoms with van der Waals surface area (Å²) in [6.07, 6.45) is 12.0. The Morgan fingerprint density at radius 2 is 1.81 bits per heavy atom. The van der Waals surface area contributed by atoms with Crippen molar-refractivity contribution in [3.05, 3.63) is 11.6 Å². The molecule has 0 aromatic rings. The molecule has 1 N–H and O–H groups in total. The molecule has 3 fully saturated rings. The molecule has 0 amide bonds. The van der Waals surface area contributed by atoms with Gasteiger partial charge < -0.3 is 5.11 Å². The zero-order valence-corrected chi connectivity index (χ0v) is 17.5. The van der Waals surface area contributed by atoms with Gasteiger partial charge in [-0.1, -0.05) is 25.5 Å². The molecule has 3 saturated carbocycles. The van der Waals surface area contributed by atoms with E-state index in [1.165, 1.54) is 12.8 Å². The highest BCUT2D eigenvalue weighted by atomic mass is 16.4. The molecule has 0 spiro atoms. The van der Waals surface area contributed by atoms with Crippen molar-refractivity contribution < 1.29 is 14.7 Å². The lowest BCUT2D eigenvalue weighted by Gasteiger charge is -2.57. The van der Waals surface area contributed by atoms with Crippen LogP contribution in [0.5, 0.6) is 0 Å². The van der Waals surface area contributed by atoms with Gasteiger partial charge in [-0.2, -0.15) is 0 Å². The van der Waals surface area contributed by atoms with E-state index in [0.717, 1.165) is 50.9 Å². The summed E-state index contributed by atoms with van der Waals surface area (Å²) in [4.78, 5) is 24.1. The van der Waals surface area contributed by atoms with Crippen molar-refractivity contribution in [1.29, 1.82) is 0 Å². The number of fused-ring (bicyclic) bond motifs is 5. The lowest BCUT2D eigenvalue weighted by atomic mass is 9.47. The van der Waals surface area contributed by atoms with Gasteiger partial charge in [0, 0.05) is 11.8 Å². The number of ketones is 1. The van der Waals surface area contributed by atoms with Crippen LogP contribution in [0, 0.1) is 39.9 Å². The molecule has 150 valence electrons. The van der Waals surface area contributed by atoms with Crippen molar-refractivity contribution in [2.45, 2.75) is 85.5 Å². The van der Waals surface area contributed by atoms with E-state index in [1.807, 2.05) is 13.8 Å². The third-order valence-electron chi connectivity index (χ3n) is 9.29. The monoisotopic (exact) mass is 372 g/mol. The van der Waals surface area contributed by atoms with Gasteiger partial charge in [-0.05, 0) is 94.3 Å². The first-order chi connectivity index (χ1) is 12.6. The van der Waals surface area contributed by atoms with E-state index < -0.39 is 11.4 Å². The average molecular weight is 373 g/mol. The molecule has 4 aliphatic carbocycles. The molecule has 27 heavy (non-hydrogen) atoms. The minimum Gasteiger partial charge on any atom is -0.481 e. The highest BCUT2D eigenvalue weighted by molar-refractivity contribution is 5.87. The predicted molar refractivity (Wildman–Crippen MR) is 106 cm³/mol. The zero-order valence-electron chi connectivity index (χ0n) is 17.5. The van der Waals surface area contributed by atoms with Gasteiger partial charge in [-0.25, -0.2) is 0 Å². The van der Waals surface area contributed by atoms with Crippen LogP contribution in [-0.4, -0.2) is 16.9 Å². The van der Waals surface area contributed by atoms with Crippen LogP contribution in [0.2, 0.25) is 0 Å². The van der Waals surface area contributed by atoms with Crippen LogP contribution in [0.3, 0.4) is 0 Å². The molecule has 0 bridgehead atoms. The largest absolute Gasteiger partial charge is 0.481 e. The normalized spacial score (nSPS) is 44.1. The van der Waals surface area contributed by atoms with E-state index in [9.17, 15) is 14.7 Å². The maximum Gasteiger partial charge on any atom is 0.309 e. The molecule has 0 aromatic heterocycles. The number of aliphatic carboxylic acids is 1. The van der Waals surface area contributed by atoms with E-state index in [2.05, 4.69) is 19.9 Å². The number of carboxylic acids is 1. The Balaban J connectivity index is 1.55. The predicted octanol–water partition coefficient (Wildman–Crippen LogP) is 5.64. The number of carbonyl (C=O) groups excluding carboxylic acids is 1. The second kappa shape index (κ2) is 6.19. The first kappa shape index (κ1) is 19.2. The first-order valence-electron chi connectivity index (χ1n) is 11.0. The highest BCUT2D eigenvalue weighted by Gasteiger charge is 2.58. The maximum absolute atomic E-state index is 12.5. The van der Waals surface area contributed by atoms with Crippen molar-refractivity contribution in [3.63, 3.8) is 0 Å². The van der Waals surface area contributed by atoms with E-state index in [1.54, 1.807) is 5.57 Å². The van der Waals surface area contributed by atoms with Crippen molar-refractivity contribution >= 4 is 11.8 Å². The average Bonchev–Trinajstić information content (AvgIpc) is 2.90. The van der Waals surface area contributed by atoms with Crippen molar-refractivity contribution in [1.82, 2.24) is 0 Å². The SMILES string of the molecule is CC(C)(CC1CC[C@@]2(C)C(=CC[C@@H]3[C@@H]2CC[C@]2(C)C(=O)CC[C@@H]32)C1)C(=O)O. The Labute approximate surface area is 164 Å². The van der Waals surface area contributed by atoms with Crippen molar-refractivity contribution in [2.24, 2.45) is 39.9 Å². The first-order valence-corrected chi connectivity index (χ1v) is 11.0. The van der Waals surface area contributed by atoms with E-state index in [0.29, 0.717) is 23.5 Å². The van der Waals surface area contributed by atoms with Crippen LogP contribution in [0.25, 0.3) is 0 Å². The van der Waals surface area contributed by atoms with Crippen LogP contribution < -0.4 is 0 Å². The van der Waals surface area contributed by atoms with Gasteiger partial charge in [0.05, 0.1) is 5.41 Å². The lowest BCUT2D eigenvalue weighted by Crippen LogP contribution is -2.50. The molecule has 0 heterocycles. The summed E-state index contributed by atoms with van der Waals surface area (Å²) >= 11 is 0. The highest BCUT2D eigenvalue weighted by Crippen LogP contribution is 2.64. The van der Waals surface area contributed by atoms with Crippen molar-refractivity contribution in [2.75, 3.05) is 0 Å². The summed E-state index contributed by atoms with van der Waals surface area (Å²) in [7, 11) is 0. The molecule has 4 rings (SSSR count). The Morgan fingerprint density at radius 1 is 1.15 bits per heavy atom. The number of carboxylic acid groups (broad SMARTS) is 1. The molecule has 4 aliphatic rings. The number of hydrogen-bond donors (Lipinski definition) is 1. The topological polar surface area (TPSA) is 54.4 Å². The van der Waals surface area contributed by atoms with E-state index >= 15 is 0 Å². The Hall–Kier alpha value is -1.12. The number of Topliss-reactive ketones (excluding diaryl/α,β-unsaturated/α-hetero) is 1. The number of allylic oxidation sites excluding steroid dienone is 2. The molecule has 0 aliphatic heterocycles. The Kier molecular flexibility index (Phi) is 4.40. The van der Waals surface area contributed by atoms with Gasteiger partial charge in [0.15, 0.2) is 0 Å². The second-order valence-electron chi connectivity index (χ2n) is 11.2. The Morgan fingerprint density at radius 3 is 2.52 bits per heavy atom. The van der Waals surface area contributed by atoms with Gasteiger partial charge in [-0.15, -0.1) is 0 Å². The third kappa shape index (κ3) is 2.83. The number of carbonyl (C=O) groups is 2. The minimum absolute atomic E-state index is 0.0500. The summed E-state index contributed by atoms with van der Waals surface area (Å²) in [5.41, 5.74) is 1.20. The quantitative estimate of drug-likeness (QED) is 0.653. The number of hydrogen-bond acceptors (Lipinski definition) is 2. The fourth-order valence-corrected chi connectivity index (χ4v) is 7.49. The van der Waals surface area contributed by atoms with Crippen LogP contribution in [0.15, 0.2) is 11.6 Å². The molecule has 0 radical (unpaired) electrons. The van der Waals surface area contributed by atoms with Crippen LogP contribution >= 0.6 is 0 Å². The van der Waals surface area contributed by atoms with Crippen LogP contribution in [-0.2, 0) is 9.59 Å². The summed E-state index contributed by atoms with van der Waals surface area (Å²) in [5, 5.41) is 9.50. The molecule has 0 saturated heterocycles. The van der Waals surface area contributed by atoms with Crippen molar-refractivity contribution in [3.8, 4) is 0 Å². The van der Waals surface area contributed by atoms with Gasteiger partial charge in [0.25, 0.3) is 0 Å². The minimum atomic E-state index is -0.675. The Bertz CT molecular complexity index is 690. The lowest BCUT2D eigenvalue weighted by molar-refractivity contribution is -0.148.